The summed E-state index contributed by atoms with van der Waals surface area (Å²) in [5.41, 5.74) is 1.91. The first-order valence-electron chi connectivity index (χ1n) is 7.09. The molecule has 0 aromatic carbocycles. The van der Waals surface area contributed by atoms with Crippen molar-refractivity contribution in [1.29, 1.82) is 0 Å². The zero-order valence-electron chi connectivity index (χ0n) is 12.5. The molecule has 7 heteroatoms. The summed E-state index contributed by atoms with van der Waals surface area (Å²) < 4.78 is 0. The maximum Gasteiger partial charge on any atom is 0.251 e. The molecule has 0 bridgehead atoms. The second-order valence-corrected chi connectivity index (χ2v) is 6.60. The fourth-order valence-corrected chi connectivity index (χ4v) is 3.05. The Hall–Kier alpha value is -0.730. The fraction of sp³-hybridized carbons (Fsp3) is 0.923. The van der Waals surface area contributed by atoms with Gasteiger partial charge in [-0.3, -0.25) is 14.5 Å². The summed E-state index contributed by atoms with van der Waals surface area (Å²) in [5, 5.41) is 10.6. The summed E-state index contributed by atoms with van der Waals surface area (Å²) in [5.74, 6) is 0. The van der Waals surface area contributed by atoms with Crippen LogP contribution in [0.25, 0.3) is 0 Å². The van der Waals surface area contributed by atoms with Crippen molar-refractivity contribution in [2.75, 3.05) is 19.7 Å². The first-order valence-corrected chi connectivity index (χ1v) is 7.09. The molecule has 0 aliphatic carbocycles. The number of amides is 1. The molecule has 0 saturated carbocycles. The quantitative estimate of drug-likeness (QED) is 0.537. The molecule has 0 radical (unpaired) electrons. The maximum atomic E-state index is 10.9. The van der Waals surface area contributed by atoms with Crippen LogP contribution in [0.4, 0.5) is 0 Å². The van der Waals surface area contributed by atoms with E-state index in [0.29, 0.717) is 6.41 Å². The molecule has 0 aromatic rings. The standard InChI is InChI=1S/C13H25N3O4/c1-12(2,3)20-16(10-18)14-19-11-7-13(9-17)5-4-6-15(13)8-11/h10-11,14,17H,4-9H2,1-3H3. The van der Waals surface area contributed by atoms with Gasteiger partial charge in [-0.2, -0.15) is 0 Å². The number of carbonyl (C=O) groups excluding carboxylic acids is 1. The number of aliphatic hydroxyl groups is 1. The van der Waals surface area contributed by atoms with Gasteiger partial charge < -0.3 is 5.11 Å². The molecule has 2 aliphatic heterocycles. The Morgan fingerprint density at radius 2 is 2.30 bits per heavy atom. The number of fused-ring (bicyclic) bond motifs is 1. The topological polar surface area (TPSA) is 74.3 Å². The molecule has 2 heterocycles. The summed E-state index contributed by atoms with van der Waals surface area (Å²) in [6.45, 7) is 7.45. The lowest BCUT2D eigenvalue weighted by atomic mass is 9.94. The predicted octanol–water partition coefficient (Wildman–Crippen LogP) is 0.210. The van der Waals surface area contributed by atoms with Gasteiger partial charge in [-0.05, 0) is 46.6 Å². The van der Waals surface area contributed by atoms with Crippen LogP contribution >= 0.6 is 0 Å². The van der Waals surface area contributed by atoms with Gasteiger partial charge in [0.1, 0.15) is 0 Å². The highest BCUT2D eigenvalue weighted by Crippen LogP contribution is 2.39. The summed E-state index contributed by atoms with van der Waals surface area (Å²) in [6.07, 6.45) is 3.35. The number of nitrogens with one attached hydrogen (secondary N) is 1. The maximum absolute atomic E-state index is 10.9. The Morgan fingerprint density at radius 1 is 1.55 bits per heavy atom. The third-order valence-electron chi connectivity index (χ3n) is 3.84. The van der Waals surface area contributed by atoms with Crippen LogP contribution in [0.5, 0.6) is 0 Å². The second-order valence-electron chi connectivity index (χ2n) is 6.60. The summed E-state index contributed by atoms with van der Waals surface area (Å²) in [4.78, 5) is 24.1. The van der Waals surface area contributed by atoms with Crippen molar-refractivity contribution >= 4 is 6.41 Å². The van der Waals surface area contributed by atoms with E-state index in [-0.39, 0.29) is 18.2 Å². The van der Waals surface area contributed by atoms with Gasteiger partial charge in [0.15, 0.2) is 0 Å². The molecule has 2 N–H and O–H groups in total. The van der Waals surface area contributed by atoms with Crippen molar-refractivity contribution in [1.82, 2.24) is 15.7 Å². The van der Waals surface area contributed by atoms with Crippen molar-refractivity contribution in [2.24, 2.45) is 0 Å². The lowest BCUT2D eigenvalue weighted by Crippen LogP contribution is -2.44. The Kier molecular flexibility index (Phi) is 4.66. The molecule has 2 unspecified atom stereocenters. The molecule has 0 spiro atoms. The molecule has 2 saturated heterocycles. The minimum atomic E-state index is -0.487. The Labute approximate surface area is 119 Å². The Bertz CT molecular complexity index is 347. The lowest BCUT2D eigenvalue weighted by Gasteiger charge is -2.29. The van der Waals surface area contributed by atoms with E-state index in [1.165, 1.54) is 0 Å². The largest absolute Gasteiger partial charge is 0.394 e. The SMILES string of the molecule is CC(C)(C)ON(C=O)NOC1CN2CCCC2(CO)C1. The van der Waals surface area contributed by atoms with E-state index >= 15 is 0 Å². The Morgan fingerprint density at radius 3 is 2.85 bits per heavy atom. The van der Waals surface area contributed by atoms with Crippen LogP contribution in [-0.2, 0) is 14.5 Å². The smallest absolute Gasteiger partial charge is 0.251 e. The van der Waals surface area contributed by atoms with Crippen molar-refractivity contribution in [3.05, 3.63) is 0 Å². The van der Waals surface area contributed by atoms with Gasteiger partial charge in [0.2, 0.25) is 0 Å². The zero-order chi connectivity index (χ0) is 14.8. The van der Waals surface area contributed by atoms with Crippen molar-refractivity contribution < 1.29 is 19.6 Å². The third-order valence-corrected chi connectivity index (χ3v) is 3.84. The van der Waals surface area contributed by atoms with E-state index in [9.17, 15) is 9.90 Å². The zero-order valence-corrected chi connectivity index (χ0v) is 12.5. The molecule has 2 rings (SSSR count). The number of hydrazine groups is 1. The third kappa shape index (κ3) is 3.48. The van der Waals surface area contributed by atoms with E-state index < -0.39 is 5.60 Å². The van der Waals surface area contributed by atoms with Crippen LogP contribution in [0.3, 0.4) is 0 Å². The molecule has 20 heavy (non-hydrogen) atoms. The highest BCUT2D eigenvalue weighted by atomic mass is 16.8. The molecule has 0 aromatic heterocycles. The lowest BCUT2D eigenvalue weighted by molar-refractivity contribution is -0.296. The molecule has 2 fully saturated rings. The highest BCUT2D eigenvalue weighted by molar-refractivity contribution is 5.43. The van der Waals surface area contributed by atoms with E-state index in [1.807, 2.05) is 20.8 Å². The van der Waals surface area contributed by atoms with Gasteiger partial charge in [0.05, 0.1) is 18.3 Å². The first-order chi connectivity index (χ1) is 9.38. The molecular weight excluding hydrogens is 262 g/mol. The van der Waals surface area contributed by atoms with Gasteiger partial charge in [-0.25, -0.2) is 4.84 Å². The highest BCUT2D eigenvalue weighted by Gasteiger charge is 2.48. The summed E-state index contributed by atoms with van der Waals surface area (Å²) >= 11 is 0. The number of hydroxylamine groups is 1. The van der Waals surface area contributed by atoms with Crippen LogP contribution in [0.15, 0.2) is 0 Å². The average Bonchev–Trinajstić information content (AvgIpc) is 2.89. The number of carbonyl (C=O) groups is 1. The van der Waals surface area contributed by atoms with Gasteiger partial charge in [-0.1, -0.05) is 5.59 Å². The average molecular weight is 287 g/mol. The van der Waals surface area contributed by atoms with E-state index in [1.54, 1.807) is 0 Å². The number of nitrogens with zero attached hydrogens (tertiary/aromatic N) is 2. The van der Waals surface area contributed by atoms with E-state index in [4.69, 9.17) is 9.68 Å². The summed E-state index contributed by atoms with van der Waals surface area (Å²) in [7, 11) is 0. The molecule has 116 valence electrons. The predicted molar refractivity (Wildman–Crippen MR) is 72.0 cm³/mol. The van der Waals surface area contributed by atoms with Crippen molar-refractivity contribution in [3.8, 4) is 0 Å². The second kappa shape index (κ2) is 5.95. The molecule has 2 atom stereocenters. The number of hydrogen-bond donors (Lipinski definition) is 2. The number of rotatable bonds is 6. The van der Waals surface area contributed by atoms with Crippen LogP contribution in [0, 0.1) is 0 Å². The monoisotopic (exact) mass is 287 g/mol. The van der Waals surface area contributed by atoms with E-state index in [2.05, 4.69) is 10.5 Å². The normalized spacial score (nSPS) is 30.5. The van der Waals surface area contributed by atoms with Gasteiger partial charge in [0, 0.05) is 12.1 Å². The van der Waals surface area contributed by atoms with Crippen LogP contribution in [0.1, 0.15) is 40.0 Å². The van der Waals surface area contributed by atoms with Crippen LogP contribution in [-0.4, -0.2) is 58.5 Å². The van der Waals surface area contributed by atoms with Crippen LogP contribution in [0.2, 0.25) is 0 Å². The minimum absolute atomic E-state index is 0.0616. The molecule has 2 aliphatic rings. The van der Waals surface area contributed by atoms with Crippen LogP contribution < -0.4 is 5.59 Å². The van der Waals surface area contributed by atoms with Gasteiger partial charge in [-0.15, -0.1) is 5.17 Å². The van der Waals surface area contributed by atoms with Crippen molar-refractivity contribution in [3.63, 3.8) is 0 Å². The molecular formula is C13H25N3O4. The van der Waals surface area contributed by atoms with E-state index in [0.717, 1.165) is 37.5 Å². The fourth-order valence-electron chi connectivity index (χ4n) is 3.05. The van der Waals surface area contributed by atoms with Gasteiger partial charge in [0.25, 0.3) is 6.41 Å². The summed E-state index contributed by atoms with van der Waals surface area (Å²) in [6, 6.07) is 0. The van der Waals surface area contributed by atoms with Crippen molar-refractivity contribution in [2.45, 2.75) is 57.3 Å². The molecule has 1 amide bonds. The Balaban J connectivity index is 1.82. The van der Waals surface area contributed by atoms with Gasteiger partial charge >= 0.3 is 0 Å². The number of aliphatic hydroxyl groups excluding tert-OH is 1. The number of hydrogen-bond acceptors (Lipinski definition) is 6. The molecule has 7 nitrogen and oxygen atoms in total. The minimum Gasteiger partial charge on any atom is -0.394 e. The first kappa shape index (κ1) is 15.7.